The molecule has 88 heavy (non-hydrogen) atoms. The maximum atomic E-state index is 2.34. The molecule has 0 nitrogen and oxygen atoms in total. The number of hydrogen-bond acceptors (Lipinski definition) is 0. The van der Waals surface area contributed by atoms with Gasteiger partial charge in [0.05, 0.1) is 0 Å². The van der Waals surface area contributed by atoms with E-state index in [0.717, 1.165) is 65.1 Å². The number of hydrogen-bond donors (Lipinski definition) is 0. The molecule has 0 amide bonds. The normalized spacial score (nSPS) is 12.0. The lowest BCUT2D eigenvalue weighted by Gasteiger charge is -2.18. The third-order valence-electron chi connectivity index (χ3n) is 14.6. The van der Waals surface area contributed by atoms with Crippen LogP contribution >= 0.6 is 0 Å². The molecule has 0 N–H and O–H groups in total. The molecule has 0 aliphatic heterocycles. The lowest BCUT2D eigenvalue weighted by molar-refractivity contribution is 0.338. The first-order valence-corrected chi connectivity index (χ1v) is 39.9. The molecule has 1 fully saturated rings. The van der Waals surface area contributed by atoms with Gasteiger partial charge in [-0.15, -0.1) is 0 Å². The van der Waals surface area contributed by atoms with Crippen LogP contribution in [0.4, 0.5) is 0 Å². The Kier molecular flexibility index (Phi) is 139. The summed E-state index contributed by atoms with van der Waals surface area (Å²) >= 11 is 0. The van der Waals surface area contributed by atoms with E-state index in [4.69, 9.17) is 0 Å². The van der Waals surface area contributed by atoms with Crippen LogP contribution in [0, 0.1) is 86.8 Å². The molecule has 1 aliphatic carbocycles. The summed E-state index contributed by atoms with van der Waals surface area (Å²) in [6.07, 6.45) is 32.5. The standard InChI is InChI=1S/5C7H16.C6H12.4C6H14.2C5H12.2C4H10.C3H8.C2H6/c1-6(2)5-7(3)4;1-5-7(3,4)6-2;1-5-7(4)6(2)3;1-4-5-6-7(2)3;1-4-6-7(3)5-2;1-6-4-2-3-5-6;2*1-5-6(2,3)4;1-4-5-6(2)3;1-4-6(3)5-2;1-5(2,3)4;1-4-5(2)3;1-4(2)3;1-3-4-2;1-3-2;1-2/h6-7H,5H2,1-4H3;5-6H2,1-4H3;6-7H,5H2,1-4H3;2*7H,4-6H2,1-3H3;6H,2-5H2,1H3;2*5H2,1-4H3;2*6H,4-5H2,1-3H3;1-4H3;5H,4H2,1-3H3;4H,1-3H3;3-4H2,1-2H3;3H2,1-2H3;1-2H3/t;;7-;;7-;;;;;;;;;;;/m..0.1.........../s1. The Labute approximate surface area is 577 Å². The minimum atomic E-state index is 0.500. The van der Waals surface area contributed by atoms with Gasteiger partial charge in [0, 0.05) is 0 Å². The second kappa shape index (κ2) is 98.1. The lowest BCUT2D eigenvalue weighted by Crippen LogP contribution is -2.05. The van der Waals surface area contributed by atoms with Gasteiger partial charge in [0.2, 0.25) is 0 Å². The third kappa shape index (κ3) is 270. The highest BCUT2D eigenvalue weighted by Gasteiger charge is 2.10. The molecule has 1 rings (SSSR count). The summed E-state index contributed by atoms with van der Waals surface area (Å²) in [4.78, 5) is 0. The first kappa shape index (κ1) is 125. The van der Waals surface area contributed by atoms with E-state index >= 15 is 0 Å². The minimum Gasteiger partial charge on any atom is -0.0683 e. The van der Waals surface area contributed by atoms with Crippen LogP contribution in [0.25, 0.3) is 0 Å². The molecule has 0 radical (unpaired) electrons. The van der Waals surface area contributed by atoms with Crippen molar-refractivity contribution in [3.05, 3.63) is 0 Å². The first-order chi connectivity index (χ1) is 39.9. The van der Waals surface area contributed by atoms with Crippen molar-refractivity contribution < 1.29 is 0 Å². The van der Waals surface area contributed by atoms with Gasteiger partial charge in [0.25, 0.3) is 0 Å². The zero-order valence-corrected chi connectivity index (χ0v) is 74.3. The number of rotatable bonds is 18. The van der Waals surface area contributed by atoms with Gasteiger partial charge in [-0.25, -0.2) is 0 Å². The van der Waals surface area contributed by atoms with Crippen molar-refractivity contribution in [1.29, 1.82) is 0 Å². The molecule has 1 saturated carbocycles. The van der Waals surface area contributed by atoms with Crippen molar-refractivity contribution in [1.82, 2.24) is 0 Å². The smallest absolute Gasteiger partial charge is 0.0359 e. The van der Waals surface area contributed by atoms with Crippen molar-refractivity contribution in [2.24, 2.45) is 86.8 Å². The summed E-state index contributed by atoms with van der Waals surface area (Å²) in [5.41, 5.74) is 2.17. The van der Waals surface area contributed by atoms with E-state index in [1.165, 1.54) is 154 Å². The van der Waals surface area contributed by atoms with Crippen molar-refractivity contribution >= 4 is 0 Å². The molecule has 0 heterocycles. The molecule has 0 aromatic heterocycles. The average molecular weight is 1260 g/mol. The Morgan fingerprint density at radius 3 is 0.625 bits per heavy atom. The van der Waals surface area contributed by atoms with Crippen LogP contribution in [0.3, 0.4) is 0 Å². The van der Waals surface area contributed by atoms with Crippen LogP contribution in [0.5, 0.6) is 0 Å². The summed E-state index contributed by atoms with van der Waals surface area (Å²) in [5, 5.41) is 0. The van der Waals surface area contributed by atoms with Gasteiger partial charge in [-0.2, -0.15) is 0 Å². The Bertz CT molecular complexity index is 934. The van der Waals surface area contributed by atoms with E-state index in [1.807, 2.05) is 13.8 Å². The second-order valence-electron chi connectivity index (χ2n) is 33.9. The quantitative estimate of drug-likeness (QED) is 0.128. The van der Waals surface area contributed by atoms with Crippen LogP contribution in [0.1, 0.15) is 493 Å². The maximum absolute atomic E-state index is 2.34. The molecule has 0 aromatic rings. The molecule has 0 spiro atoms. The fourth-order valence-electron chi connectivity index (χ4n) is 4.97. The topological polar surface area (TPSA) is 0 Å². The van der Waals surface area contributed by atoms with Crippen LogP contribution in [0.15, 0.2) is 0 Å². The summed E-state index contributed by atoms with van der Waals surface area (Å²) in [6.45, 7) is 109. The molecule has 0 saturated heterocycles. The van der Waals surface area contributed by atoms with Crippen molar-refractivity contribution in [3.63, 3.8) is 0 Å². The van der Waals surface area contributed by atoms with Gasteiger partial charge >= 0.3 is 0 Å². The highest BCUT2D eigenvalue weighted by molar-refractivity contribution is 4.62. The minimum absolute atomic E-state index is 0.500. The van der Waals surface area contributed by atoms with Crippen LogP contribution in [0.2, 0.25) is 0 Å². The van der Waals surface area contributed by atoms with Gasteiger partial charge in [0.15, 0.2) is 0 Å². The largest absolute Gasteiger partial charge is 0.0683 e. The molecule has 1 aliphatic rings. The fourth-order valence-corrected chi connectivity index (χ4v) is 4.97. The third-order valence-corrected chi connectivity index (χ3v) is 14.6. The molecular formula is C88H206. The zero-order valence-electron chi connectivity index (χ0n) is 74.3. The van der Waals surface area contributed by atoms with Crippen LogP contribution in [-0.2, 0) is 0 Å². The summed E-state index contributed by atoms with van der Waals surface area (Å²) in [7, 11) is 0. The molecule has 558 valence electrons. The molecule has 0 heteroatoms. The van der Waals surface area contributed by atoms with E-state index in [-0.39, 0.29) is 0 Å². The van der Waals surface area contributed by atoms with Crippen molar-refractivity contribution in [2.75, 3.05) is 0 Å². The SMILES string of the molecule is CC.CC(C)(C)C.CC(C)C.CC(C)CC(C)C.CC1CCCC1.CCC.CCC(C)(C)C.CCC(C)(C)C.CCC(C)(C)CC.CCC(C)C.CCC(C)CC.CCCC.CCCC(C)C.CCCCC(C)C.CCC[C@H](C)CC.CC[C@H](C)C(C)C. The van der Waals surface area contributed by atoms with E-state index in [0.29, 0.717) is 21.7 Å². The maximum Gasteiger partial charge on any atom is -0.0359 e. The second-order valence-corrected chi connectivity index (χ2v) is 33.9. The summed E-state index contributed by atoms with van der Waals surface area (Å²) in [5.74, 6) is 9.97. The van der Waals surface area contributed by atoms with Crippen LogP contribution in [-0.4, -0.2) is 0 Å². The van der Waals surface area contributed by atoms with Gasteiger partial charge in [0.1, 0.15) is 0 Å². The predicted octanol–water partition coefficient (Wildman–Crippen LogP) is 35.9. The van der Waals surface area contributed by atoms with Crippen LogP contribution < -0.4 is 0 Å². The van der Waals surface area contributed by atoms with E-state index in [2.05, 4.69) is 325 Å². The van der Waals surface area contributed by atoms with E-state index < -0.39 is 0 Å². The molecular weight excluding hydrogens is 1060 g/mol. The lowest BCUT2D eigenvalue weighted by atomic mass is 9.88. The average Bonchev–Trinajstić information content (AvgIpc) is 3.91. The van der Waals surface area contributed by atoms with Gasteiger partial charge in [-0.1, -0.05) is 487 Å². The fraction of sp³-hybridized carbons (Fsp3) is 1.00. The predicted molar refractivity (Wildman–Crippen MR) is 437 cm³/mol. The van der Waals surface area contributed by atoms with Gasteiger partial charge in [-0.05, 0) is 93.2 Å². The molecule has 0 unspecified atom stereocenters. The van der Waals surface area contributed by atoms with Gasteiger partial charge < -0.3 is 0 Å². The molecule has 2 atom stereocenters. The Balaban J connectivity index is -0.0000000500. The Hall–Kier alpha value is 0. The zero-order chi connectivity index (χ0) is 74.3. The Morgan fingerprint density at radius 1 is 0.330 bits per heavy atom. The monoisotopic (exact) mass is 1260 g/mol. The Morgan fingerprint density at radius 2 is 0.591 bits per heavy atom. The first-order valence-electron chi connectivity index (χ1n) is 39.9. The van der Waals surface area contributed by atoms with E-state index in [9.17, 15) is 0 Å². The molecule has 0 aromatic carbocycles. The highest BCUT2D eigenvalue weighted by atomic mass is 14.2. The van der Waals surface area contributed by atoms with Crippen molar-refractivity contribution in [2.45, 2.75) is 493 Å². The number of unbranched alkanes of at least 4 members (excludes halogenated alkanes) is 2. The van der Waals surface area contributed by atoms with Crippen molar-refractivity contribution in [3.8, 4) is 0 Å². The highest BCUT2D eigenvalue weighted by Crippen LogP contribution is 2.24. The molecule has 0 bridgehead atoms. The summed E-state index contributed by atoms with van der Waals surface area (Å²) in [6, 6.07) is 0. The van der Waals surface area contributed by atoms with E-state index in [1.54, 1.807) is 0 Å². The summed E-state index contributed by atoms with van der Waals surface area (Å²) < 4.78 is 0. The van der Waals surface area contributed by atoms with Gasteiger partial charge in [-0.3, -0.25) is 0 Å².